The van der Waals surface area contributed by atoms with Gasteiger partial charge < -0.3 is 35.1 Å². The molecule has 0 bridgehead atoms. The molecule has 2 aromatic rings. The van der Waals surface area contributed by atoms with Crippen LogP contribution in [0.25, 0.3) is 0 Å². The Labute approximate surface area is 197 Å². The first-order valence-corrected chi connectivity index (χ1v) is 12.2. The molecule has 1 atom stereocenters. The number of carbonyl (C=O) groups excluding carboxylic acids is 1. The Morgan fingerprint density at radius 2 is 1.03 bits per heavy atom. The number of hydrogen-bond donors (Lipinski definition) is 0. The molecule has 0 spiro atoms. The third kappa shape index (κ3) is 16.7. The van der Waals surface area contributed by atoms with Crippen molar-refractivity contribution >= 4 is 6.29 Å². The maximum atomic E-state index is 11.2. The van der Waals surface area contributed by atoms with Crippen molar-refractivity contribution in [2.75, 3.05) is 0 Å². The van der Waals surface area contributed by atoms with Crippen LogP contribution in [0.15, 0.2) is 54.6 Å². The van der Waals surface area contributed by atoms with Crippen molar-refractivity contribution in [3.8, 4) is 0 Å². The summed E-state index contributed by atoms with van der Waals surface area (Å²) in [6.45, 7) is 2.28. The molecule has 0 saturated heterocycles. The molecular weight excluding hydrogens is 408 g/mol. The SMILES string of the molecule is CCCCCCCCCCCCCCCCC(C=O)[c-]1cccc1.[Fe].[cH-]1[cH-][cH-][cH-][cH-]1. The minimum atomic E-state index is 0. The number of unbranched alkanes of at least 4 members (excludes halogenated alkanes) is 13. The standard InChI is InChI=1S/C23H39O.C5H5.Fe/c1-2-3-4-5-6-7-8-9-10-11-12-13-14-15-20-23(21-24)22-18-16-17-19-22;1-2-4-5-3-1;/h16-19,21,23H,2-15,20H2,1H3;1-5H;/q-1;-5;. The second kappa shape index (κ2) is 22.6. The van der Waals surface area contributed by atoms with Gasteiger partial charge in [0, 0.05) is 17.1 Å². The van der Waals surface area contributed by atoms with Gasteiger partial charge >= 0.3 is 0 Å². The molecule has 0 saturated carbocycles. The topological polar surface area (TPSA) is 17.1 Å². The minimum absolute atomic E-state index is 0. The molecule has 30 heavy (non-hydrogen) atoms. The molecule has 0 heterocycles. The summed E-state index contributed by atoms with van der Waals surface area (Å²) in [5.74, 6) is 0.123. The van der Waals surface area contributed by atoms with Gasteiger partial charge in [0.15, 0.2) is 0 Å². The predicted molar refractivity (Wildman–Crippen MR) is 128 cm³/mol. The van der Waals surface area contributed by atoms with E-state index in [1.54, 1.807) is 0 Å². The Balaban J connectivity index is 0.00000122. The molecular formula is C28H44FeO-6. The van der Waals surface area contributed by atoms with Gasteiger partial charge in [-0.3, -0.25) is 0 Å². The summed E-state index contributed by atoms with van der Waals surface area (Å²) in [5, 5.41) is 0. The fourth-order valence-corrected chi connectivity index (χ4v) is 3.83. The second-order valence-corrected chi connectivity index (χ2v) is 8.31. The molecule has 176 valence electrons. The zero-order chi connectivity index (χ0) is 20.8. The van der Waals surface area contributed by atoms with Crippen molar-refractivity contribution in [2.45, 2.75) is 109 Å². The monoisotopic (exact) mass is 452 g/mol. The average molecular weight is 453 g/mol. The summed E-state index contributed by atoms with van der Waals surface area (Å²) < 4.78 is 0. The molecule has 2 heteroatoms. The first-order chi connectivity index (χ1) is 14.4. The van der Waals surface area contributed by atoms with Crippen LogP contribution < -0.4 is 0 Å². The normalized spacial score (nSPS) is 11.2. The van der Waals surface area contributed by atoms with Crippen molar-refractivity contribution in [2.24, 2.45) is 0 Å². The number of carbonyl (C=O) groups is 1. The minimum Gasteiger partial charge on any atom is -0.748 e. The summed E-state index contributed by atoms with van der Waals surface area (Å²) in [6, 6.07) is 18.2. The van der Waals surface area contributed by atoms with Gasteiger partial charge in [-0.1, -0.05) is 103 Å². The molecule has 1 unspecified atom stereocenters. The number of aldehydes is 1. The zero-order valence-corrected chi connectivity index (χ0v) is 20.3. The molecule has 2 rings (SSSR count). The van der Waals surface area contributed by atoms with E-state index in [1.165, 1.54) is 95.5 Å². The summed E-state index contributed by atoms with van der Waals surface area (Å²) in [5.41, 5.74) is 1.19. The molecule has 0 N–H and O–H groups in total. The maximum Gasteiger partial charge on any atom is 0.115 e. The van der Waals surface area contributed by atoms with E-state index >= 15 is 0 Å². The van der Waals surface area contributed by atoms with Crippen LogP contribution in [0.5, 0.6) is 0 Å². The van der Waals surface area contributed by atoms with Gasteiger partial charge in [0.05, 0.1) is 0 Å². The van der Waals surface area contributed by atoms with Crippen LogP contribution in [0.1, 0.15) is 115 Å². The predicted octanol–water partition coefficient (Wildman–Crippen LogP) is 8.96. The van der Waals surface area contributed by atoms with Gasteiger partial charge in [-0.25, -0.2) is 12.1 Å². The van der Waals surface area contributed by atoms with Gasteiger partial charge in [-0.15, -0.1) is 5.56 Å². The van der Waals surface area contributed by atoms with Crippen LogP contribution in [0.3, 0.4) is 0 Å². The Bertz CT molecular complexity index is 512. The zero-order valence-electron chi connectivity index (χ0n) is 19.2. The van der Waals surface area contributed by atoms with E-state index in [9.17, 15) is 4.79 Å². The number of rotatable bonds is 17. The molecule has 0 fully saturated rings. The molecule has 0 aliphatic heterocycles. The summed E-state index contributed by atoms with van der Waals surface area (Å²) >= 11 is 0. The quantitative estimate of drug-likeness (QED) is 0.101. The third-order valence-electron chi connectivity index (χ3n) is 5.71. The van der Waals surface area contributed by atoms with Gasteiger partial charge in [0.2, 0.25) is 0 Å². The first-order valence-electron chi connectivity index (χ1n) is 12.2. The van der Waals surface area contributed by atoms with E-state index < -0.39 is 0 Å². The maximum absolute atomic E-state index is 11.2. The van der Waals surface area contributed by atoms with Crippen LogP contribution >= 0.6 is 0 Å². The van der Waals surface area contributed by atoms with Crippen LogP contribution in [0, 0.1) is 0 Å². The summed E-state index contributed by atoms with van der Waals surface area (Å²) in [7, 11) is 0. The van der Waals surface area contributed by atoms with Crippen LogP contribution in [0.4, 0.5) is 0 Å². The molecule has 0 aromatic heterocycles. The summed E-state index contributed by atoms with van der Waals surface area (Å²) in [6.07, 6.45) is 21.5. The van der Waals surface area contributed by atoms with E-state index in [-0.39, 0.29) is 23.0 Å². The molecule has 0 aliphatic carbocycles. The van der Waals surface area contributed by atoms with Crippen molar-refractivity contribution in [3.05, 3.63) is 60.2 Å². The first kappa shape index (κ1) is 28.9. The van der Waals surface area contributed by atoms with Crippen molar-refractivity contribution in [1.82, 2.24) is 0 Å². The van der Waals surface area contributed by atoms with Gasteiger partial charge in [0.25, 0.3) is 0 Å². The van der Waals surface area contributed by atoms with E-state index in [0.29, 0.717) is 0 Å². The summed E-state index contributed by atoms with van der Waals surface area (Å²) in [4.78, 5) is 11.2. The Kier molecular flexibility index (Phi) is 21.7. The Morgan fingerprint density at radius 1 is 0.667 bits per heavy atom. The van der Waals surface area contributed by atoms with Crippen molar-refractivity contribution in [1.29, 1.82) is 0 Å². The second-order valence-electron chi connectivity index (χ2n) is 8.31. The molecule has 0 aliphatic rings. The van der Waals surface area contributed by atoms with E-state index in [2.05, 4.69) is 19.1 Å². The number of hydrogen-bond acceptors (Lipinski definition) is 1. The van der Waals surface area contributed by atoms with Gasteiger partial charge in [-0.05, 0) is 5.92 Å². The van der Waals surface area contributed by atoms with E-state index in [0.717, 1.165) is 12.7 Å². The Morgan fingerprint density at radius 3 is 1.40 bits per heavy atom. The van der Waals surface area contributed by atoms with Crippen molar-refractivity contribution < 1.29 is 21.9 Å². The molecule has 0 radical (unpaired) electrons. The van der Waals surface area contributed by atoms with Crippen LogP contribution in [0.2, 0.25) is 0 Å². The molecule has 0 amide bonds. The fourth-order valence-electron chi connectivity index (χ4n) is 3.83. The van der Waals surface area contributed by atoms with Crippen molar-refractivity contribution in [3.63, 3.8) is 0 Å². The smallest absolute Gasteiger partial charge is 0.115 e. The largest absolute Gasteiger partial charge is 0.748 e. The Hall–Kier alpha value is -1.11. The van der Waals surface area contributed by atoms with Crippen LogP contribution in [-0.4, -0.2) is 6.29 Å². The average Bonchev–Trinajstić information content (AvgIpc) is 3.48. The van der Waals surface area contributed by atoms with E-state index in [1.807, 2.05) is 42.5 Å². The molecule has 2 aromatic carbocycles. The van der Waals surface area contributed by atoms with Crippen LogP contribution in [-0.2, 0) is 21.9 Å². The molecule has 1 nitrogen and oxygen atoms in total. The fraction of sp³-hybridized carbons (Fsp3) is 0.607. The van der Waals surface area contributed by atoms with Gasteiger partial charge in [0.1, 0.15) is 6.29 Å². The third-order valence-corrected chi connectivity index (χ3v) is 5.71. The van der Waals surface area contributed by atoms with E-state index in [4.69, 9.17) is 0 Å². The van der Waals surface area contributed by atoms with Gasteiger partial charge in [-0.2, -0.15) is 12.1 Å².